The molecule has 394 valence electrons. The number of rotatable bonds is 13. The zero-order valence-corrected chi connectivity index (χ0v) is 48.2. The van der Waals surface area contributed by atoms with Gasteiger partial charge < -0.3 is 18.3 Å². The number of fused-ring (bicyclic) bond motifs is 3. The third-order valence-electron chi connectivity index (χ3n) is 15.0. The molecule has 0 saturated carbocycles. The first-order chi connectivity index (χ1) is 37.8. The van der Waals surface area contributed by atoms with Gasteiger partial charge in [-0.05, 0) is 146 Å². The summed E-state index contributed by atoms with van der Waals surface area (Å²) in [6.45, 7) is 19.9. The Kier molecular flexibility index (Phi) is 14.5. The molecule has 8 heteroatoms. The van der Waals surface area contributed by atoms with Gasteiger partial charge in [-0.25, -0.2) is 4.39 Å². The first kappa shape index (κ1) is 52.9. The van der Waals surface area contributed by atoms with E-state index >= 15 is 4.39 Å². The van der Waals surface area contributed by atoms with Gasteiger partial charge in [0.1, 0.15) is 11.3 Å². The Balaban J connectivity index is 0.00000660. The van der Waals surface area contributed by atoms with E-state index in [1.165, 1.54) is 27.8 Å². The van der Waals surface area contributed by atoms with E-state index in [9.17, 15) is 0 Å². The molecule has 0 aliphatic carbocycles. The maximum Gasteiger partial charge on any atom is 2.00 e. The number of imidazole rings is 2. The molecule has 9 aromatic carbocycles. The summed E-state index contributed by atoms with van der Waals surface area (Å²) in [5, 5.41) is 0.788. The normalized spacial score (nSPS) is 11.8. The Labute approximate surface area is 476 Å². The molecule has 0 amide bonds. The van der Waals surface area contributed by atoms with Crippen LogP contribution in [0.25, 0.3) is 101 Å². The largest absolute Gasteiger partial charge is 2.00 e. The van der Waals surface area contributed by atoms with Crippen molar-refractivity contribution in [1.82, 2.24) is 19.1 Å². The second-order valence-corrected chi connectivity index (χ2v) is 21.8. The summed E-state index contributed by atoms with van der Waals surface area (Å²) in [5.74, 6) is 2.36. The predicted molar refractivity (Wildman–Crippen MR) is 318 cm³/mol. The molecule has 0 fully saturated rings. The van der Waals surface area contributed by atoms with Gasteiger partial charge in [0.25, 0.3) is 0 Å². The maximum absolute atomic E-state index is 16.5. The molecule has 0 aliphatic rings. The average molecular weight is 1220 g/mol. The van der Waals surface area contributed by atoms with Gasteiger partial charge in [0, 0.05) is 22.9 Å². The number of hydrogen-bond donors (Lipinski definition) is 0. The van der Waals surface area contributed by atoms with Crippen LogP contribution in [0, 0.1) is 24.9 Å². The van der Waals surface area contributed by atoms with Crippen LogP contribution in [0.1, 0.15) is 107 Å². The molecule has 0 spiro atoms. The van der Waals surface area contributed by atoms with Crippen LogP contribution < -0.4 is 4.74 Å². The monoisotopic (exact) mass is 1220 g/mol. The molecule has 12 rings (SSSR count). The number of hydrogen-bond acceptors (Lipinski definition) is 4. The van der Waals surface area contributed by atoms with Gasteiger partial charge in [0.15, 0.2) is 0 Å². The number of para-hydroxylation sites is 2. The summed E-state index contributed by atoms with van der Waals surface area (Å²) in [6.07, 6.45) is 1.67. The van der Waals surface area contributed by atoms with Gasteiger partial charge in [-0.3, -0.25) is 9.97 Å². The fraction of sp³-hybridized carbons (Fsp3) is 0.183. The van der Waals surface area contributed by atoms with E-state index in [2.05, 4.69) is 198 Å². The van der Waals surface area contributed by atoms with Gasteiger partial charge >= 0.3 is 21.1 Å². The zero-order chi connectivity index (χ0) is 53.9. The summed E-state index contributed by atoms with van der Waals surface area (Å²) in [7, 11) is 0. The number of aromatic nitrogens is 4. The molecule has 0 saturated heterocycles. The Morgan fingerprint density at radius 2 is 1.00 bits per heavy atom. The quantitative estimate of drug-likeness (QED) is 0.108. The molecular weight excluding hydrogens is 1150 g/mol. The summed E-state index contributed by atoms with van der Waals surface area (Å²) in [5.41, 5.74) is 19.2. The molecule has 6 nitrogen and oxygen atoms in total. The fourth-order valence-electron chi connectivity index (χ4n) is 11.1. The molecule has 0 atom stereocenters. The van der Waals surface area contributed by atoms with Crippen LogP contribution in [0.4, 0.5) is 4.39 Å². The third-order valence-corrected chi connectivity index (χ3v) is 15.0. The number of benzene rings is 9. The van der Waals surface area contributed by atoms with Crippen molar-refractivity contribution in [3.8, 4) is 79.0 Å². The van der Waals surface area contributed by atoms with E-state index in [0.29, 0.717) is 34.0 Å². The summed E-state index contributed by atoms with van der Waals surface area (Å²) in [6, 6.07) is 68.1. The van der Waals surface area contributed by atoms with Crippen LogP contribution in [0.2, 0.25) is 0 Å². The van der Waals surface area contributed by atoms with Crippen molar-refractivity contribution in [2.24, 2.45) is 0 Å². The number of furan rings is 1. The second kappa shape index (κ2) is 21.6. The molecule has 0 unspecified atom stereocenters. The summed E-state index contributed by atoms with van der Waals surface area (Å²) < 4.78 is 34.1. The number of halogens is 1. The average Bonchev–Trinajstić information content (AvgIpc) is 4.28. The van der Waals surface area contributed by atoms with E-state index in [1.807, 2.05) is 55.5 Å². The van der Waals surface area contributed by atoms with E-state index in [1.54, 1.807) is 12.3 Å². The first-order valence-electron chi connectivity index (χ1n) is 27.2. The van der Waals surface area contributed by atoms with Gasteiger partial charge in [0.05, 0.1) is 40.0 Å². The first-order valence-corrected chi connectivity index (χ1v) is 27.2. The second-order valence-electron chi connectivity index (χ2n) is 21.8. The van der Waals surface area contributed by atoms with Gasteiger partial charge in [-0.2, -0.15) is 0 Å². The van der Waals surface area contributed by atoms with Gasteiger partial charge in [0.2, 0.25) is 0 Å². The Hall–Kier alpha value is -8.12. The molecule has 3 aromatic heterocycles. The maximum atomic E-state index is 16.5. The van der Waals surface area contributed by atoms with Crippen molar-refractivity contribution >= 4 is 33.0 Å². The Morgan fingerprint density at radius 3 is 1.58 bits per heavy atom. The molecule has 12 aromatic rings. The van der Waals surface area contributed by atoms with Crippen molar-refractivity contribution in [2.45, 2.75) is 86.0 Å². The van der Waals surface area contributed by atoms with Crippen LogP contribution in [-0.4, -0.2) is 19.1 Å². The van der Waals surface area contributed by atoms with Crippen molar-refractivity contribution in [2.75, 3.05) is 0 Å². The molecule has 0 bridgehead atoms. The molecule has 0 aliphatic heterocycles. The minimum absolute atomic E-state index is 0. The van der Waals surface area contributed by atoms with Crippen molar-refractivity contribution in [3.63, 3.8) is 0 Å². The smallest absolute Gasteiger partial charge is 0.508 e. The molecule has 0 N–H and O–H groups in total. The minimum atomic E-state index is -0.397. The van der Waals surface area contributed by atoms with Gasteiger partial charge in [-0.1, -0.05) is 182 Å². The van der Waals surface area contributed by atoms with Crippen LogP contribution >= 0.6 is 0 Å². The topological polar surface area (TPSA) is 58.0 Å². The number of ether oxygens (including phenoxy) is 1. The van der Waals surface area contributed by atoms with Gasteiger partial charge in [-0.15, -0.1) is 23.8 Å². The van der Waals surface area contributed by atoms with Crippen LogP contribution in [0.3, 0.4) is 0 Å². The minimum Gasteiger partial charge on any atom is -0.508 e. The Bertz CT molecular complexity index is 4150. The predicted octanol–water partition coefficient (Wildman–Crippen LogP) is 19.8. The summed E-state index contributed by atoms with van der Waals surface area (Å²) in [4.78, 5) is 10.5. The van der Waals surface area contributed by atoms with E-state index < -0.39 is 5.82 Å². The van der Waals surface area contributed by atoms with Crippen LogP contribution in [-0.2, 0) is 21.1 Å². The van der Waals surface area contributed by atoms with E-state index in [-0.39, 0.29) is 50.3 Å². The number of nitrogens with zero attached hydrogens (tertiary/aromatic N) is 4. The zero-order valence-electron chi connectivity index (χ0n) is 45.9. The SMILES string of the molecule is Cc1cc(F)c2nc(-c3[c-]c(Oc4[c-]c(-c5nc6ccccc6n5-c5c(C(C)C)cc(-c6ccccc6)cc5C(C)C)ccc4)cc4ccoc34)n(-c3c(C(C)C)cc(-c4ccc(-c5ccccc5)cc4)cc3C(C)C)c2c1.[Pt+2]. The summed E-state index contributed by atoms with van der Waals surface area (Å²) >= 11 is 0. The van der Waals surface area contributed by atoms with Crippen molar-refractivity contribution in [3.05, 3.63) is 228 Å². The molecular formula is C71H61FN4O2Pt. The van der Waals surface area contributed by atoms with Crippen molar-refractivity contribution in [1.29, 1.82) is 0 Å². The van der Waals surface area contributed by atoms with E-state index in [0.717, 1.165) is 72.6 Å². The molecule has 3 heterocycles. The Morgan fingerprint density at radius 1 is 0.481 bits per heavy atom. The molecule has 0 radical (unpaired) electrons. The third kappa shape index (κ3) is 9.84. The van der Waals surface area contributed by atoms with Crippen molar-refractivity contribution < 1.29 is 34.6 Å². The van der Waals surface area contributed by atoms with Crippen LogP contribution in [0.5, 0.6) is 11.5 Å². The van der Waals surface area contributed by atoms with Crippen LogP contribution in [0.15, 0.2) is 187 Å². The van der Waals surface area contributed by atoms with E-state index in [4.69, 9.17) is 19.1 Å². The fourth-order valence-corrected chi connectivity index (χ4v) is 11.1. The standard InChI is InChI=1S/C71H61FN4O2.Pt/c1-42(2)57-37-53(48-21-14-11-15-22-48)38-58(43(3)4)67(57)75-64-26-17-16-25-63(64)73-70(75)52-23-18-24-55(36-52)78-56-35-51-31-32-77-69(51)61(41-56)71-74-66-62(72)33-46(9)34-65(66)76(71)68-59(44(5)6)39-54(40-60(68)45(7)8)50-29-27-49(28-30-50)47-19-12-10-13-20-47;/h10-35,37-40,42-45H,1-9H3;/q-2;+2. The molecule has 79 heavy (non-hydrogen) atoms. The number of aryl methyl sites for hydroxylation is 1.